The number of para-hydroxylation sites is 1. The quantitative estimate of drug-likeness (QED) is 0.587. The molecule has 0 spiro atoms. The second kappa shape index (κ2) is 6.20. The molecule has 0 aromatic heterocycles. The van der Waals surface area contributed by atoms with Crippen LogP contribution in [0.5, 0.6) is 11.5 Å². The van der Waals surface area contributed by atoms with E-state index in [2.05, 4.69) is 9.98 Å². The predicted octanol–water partition coefficient (Wildman–Crippen LogP) is 1.95. The number of phenolic OH excluding ortho intramolecular Hbond substituents is 1. The molecule has 1 aliphatic carbocycles. The molecular weight excluding hydrogens is 316 g/mol. The summed E-state index contributed by atoms with van der Waals surface area (Å²) in [5, 5.41) is 19.6. The fourth-order valence-electron chi connectivity index (χ4n) is 3.36. The Hall–Kier alpha value is -2.89. The van der Waals surface area contributed by atoms with E-state index in [0.29, 0.717) is 22.2 Å². The molecule has 1 saturated carbocycles. The molecule has 1 atom stereocenters. The third kappa shape index (κ3) is 2.95. The van der Waals surface area contributed by atoms with Crippen molar-refractivity contribution in [2.75, 3.05) is 0 Å². The van der Waals surface area contributed by atoms with E-state index < -0.39 is 6.17 Å². The van der Waals surface area contributed by atoms with Gasteiger partial charge >= 0.3 is 0 Å². The van der Waals surface area contributed by atoms with Crippen molar-refractivity contribution in [3.63, 3.8) is 0 Å². The number of hydrogen-bond donors (Lipinski definition) is 3. The molecule has 128 valence electrons. The maximum absolute atomic E-state index is 10.6. The average Bonchev–Trinajstić information content (AvgIpc) is 3.25. The normalized spacial score (nSPS) is 19.1. The van der Waals surface area contributed by atoms with Crippen LogP contribution in [0.4, 0.5) is 0 Å². The van der Waals surface area contributed by atoms with Gasteiger partial charge in [-0.1, -0.05) is 12.1 Å². The van der Waals surface area contributed by atoms with Crippen molar-refractivity contribution < 1.29 is 9.84 Å². The Morgan fingerprint density at radius 3 is 2.64 bits per heavy atom. The summed E-state index contributed by atoms with van der Waals surface area (Å²) in [5.74, 6) is 0.595. The Bertz CT molecular complexity index is 948. The fraction of sp³-hybridized carbons (Fsp3) is 0.316. The van der Waals surface area contributed by atoms with Gasteiger partial charge in [0, 0.05) is 11.1 Å². The lowest BCUT2D eigenvalue weighted by Gasteiger charge is -2.16. The zero-order valence-corrected chi connectivity index (χ0v) is 13.8. The van der Waals surface area contributed by atoms with E-state index in [9.17, 15) is 5.11 Å². The molecule has 0 saturated heterocycles. The van der Waals surface area contributed by atoms with Crippen molar-refractivity contribution >= 4 is 5.84 Å². The number of nitrogens with one attached hydrogen (secondary N) is 1. The van der Waals surface area contributed by atoms with Crippen LogP contribution in [0, 0.1) is 5.41 Å². The van der Waals surface area contributed by atoms with Crippen molar-refractivity contribution in [2.24, 2.45) is 15.7 Å². The third-order valence-corrected chi connectivity index (χ3v) is 4.71. The zero-order valence-electron chi connectivity index (χ0n) is 13.8. The number of ether oxygens (including phenoxy) is 1. The monoisotopic (exact) mass is 336 g/mol. The number of nitrogen functional groups attached to an aromatic ring is 1. The Morgan fingerprint density at radius 2 is 1.88 bits per heavy atom. The number of fused-ring (bicyclic) bond motifs is 1. The highest BCUT2D eigenvalue weighted by Gasteiger charge is 2.22. The molecule has 1 heterocycles. The molecule has 6 nitrogen and oxygen atoms in total. The minimum absolute atomic E-state index is 0.00346. The summed E-state index contributed by atoms with van der Waals surface area (Å²) in [7, 11) is 0. The molecule has 0 radical (unpaired) electrons. The van der Waals surface area contributed by atoms with Gasteiger partial charge in [0.25, 0.3) is 0 Å². The number of aromatic hydroxyl groups is 1. The van der Waals surface area contributed by atoms with Crippen LogP contribution in [0.3, 0.4) is 0 Å². The molecule has 25 heavy (non-hydrogen) atoms. The van der Waals surface area contributed by atoms with Crippen LogP contribution in [0.15, 0.2) is 46.4 Å². The first-order valence-corrected chi connectivity index (χ1v) is 8.50. The third-order valence-electron chi connectivity index (χ3n) is 4.71. The first-order chi connectivity index (χ1) is 12.1. The summed E-state index contributed by atoms with van der Waals surface area (Å²) in [4.78, 5) is 9.13. The highest BCUT2D eigenvalue weighted by molar-refractivity contribution is 5.94. The van der Waals surface area contributed by atoms with E-state index in [0.717, 1.165) is 18.2 Å². The first-order valence-electron chi connectivity index (χ1n) is 8.50. The summed E-state index contributed by atoms with van der Waals surface area (Å²) in [5.41, 5.74) is 6.76. The van der Waals surface area contributed by atoms with E-state index >= 15 is 0 Å². The maximum atomic E-state index is 10.6. The summed E-state index contributed by atoms with van der Waals surface area (Å²) in [6.45, 7) is 0. The molecule has 4 rings (SSSR count). The summed E-state index contributed by atoms with van der Waals surface area (Å²) < 4.78 is 5.96. The molecule has 1 aliphatic heterocycles. The first kappa shape index (κ1) is 15.6. The molecule has 2 aromatic rings. The number of nitrogens with two attached hydrogens (primary N) is 1. The minimum atomic E-state index is -0.510. The topological polar surface area (TPSA) is 104 Å². The molecule has 2 aliphatic rings. The number of amidine groups is 1. The second-order valence-electron chi connectivity index (χ2n) is 6.47. The second-order valence-corrected chi connectivity index (χ2v) is 6.47. The van der Waals surface area contributed by atoms with Gasteiger partial charge in [-0.25, -0.2) is 0 Å². The SMILES string of the molecule is N=C(N)c1ccc2c(c1)=NC(c1cccc(OC3CCCC3)c1O)N=2. The van der Waals surface area contributed by atoms with E-state index in [1.165, 1.54) is 12.8 Å². The Labute approximate surface area is 145 Å². The van der Waals surface area contributed by atoms with E-state index in [4.69, 9.17) is 15.9 Å². The van der Waals surface area contributed by atoms with Gasteiger partial charge in [-0.2, -0.15) is 0 Å². The lowest BCUT2D eigenvalue weighted by molar-refractivity contribution is 0.201. The van der Waals surface area contributed by atoms with Crippen LogP contribution in [0.1, 0.15) is 43.0 Å². The van der Waals surface area contributed by atoms with Crippen molar-refractivity contribution in [1.82, 2.24) is 0 Å². The molecule has 2 aromatic carbocycles. The van der Waals surface area contributed by atoms with Crippen molar-refractivity contribution in [1.29, 1.82) is 5.41 Å². The van der Waals surface area contributed by atoms with Crippen LogP contribution in [0.25, 0.3) is 0 Å². The van der Waals surface area contributed by atoms with Crippen LogP contribution in [-0.2, 0) is 0 Å². The molecule has 4 N–H and O–H groups in total. The Kier molecular flexibility index (Phi) is 3.87. The van der Waals surface area contributed by atoms with Crippen molar-refractivity contribution in [3.05, 3.63) is 58.2 Å². The molecule has 1 fully saturated rings. The summed E-state index contributed by atoms with van der Waals surface area (Å²) >= 11 is 0. The van der Waals surface area contributed by atoms with Gasteiger partial charge in [0.1, 0.15) is 5.84 Å². The average molecular weight is 336 g/mol. The number of nitrogens with zero attached hydrogens (tertiary/aromatic N) is 2. The van der Waals surface area contributed by atoms with Crippen LogP contribution in [-0.4, -0.2) is 17.0 Å². The number of hydrogen-bond acceptors (Lipinski definition) is 5. The highest BCUT2D eigenvalue weighted by atomic mass is 16.5. The molecular formula is C19H20N4O2. The summed E-state index contributed by atoms with van der Waals surface area (Å²) in [6, 6.07) is 10.7. The maximum Gasteiger partial charge on any atom is 0.170 e. The van der Waals surface area contributed by atoms with Gasteiger partial charge < -0.3 is 15.6 Å². The van der Waals surface area contributed by atoms with Gasteiger partial charge in [-0.3, -0.25) is 15.4 Å². The van der Waals surface area contributed by atoms with Gasteiger partial charge in [0.15, 0.2) is 17.7 Å². The summed E-state index contributed by atoms with van der Waals surface area (Å²) in [6.07, 6.45) is 4.07. The molecule has 0 amide bonds. The van der Waals surface area contributed by atoms with Crippen LogP contribution >= 0.6 is 0 Å². The van der Waals surface area contributed by atoms with Gasteiger partial charge in [-0.15, -0.1) is 0 Å². The van der Waals surface area contributed by atoms with Crippen molar-refractivity contribution in [3.8, 4) is 11.5 Å². The Balaban J connectivity index is 1.67. The lowest BCUT2D eigenvalue weighted by atomic mass is 10.1. The molecule has 0 bridgehead atoms. The molecule has 1 unspecified atom stereocenters. The smallest absolute Gasteiger partial charge is 0.170 e. The van der Waals surface area contributed by atoms with E-state index in [1.807, 2.05) is 12.1 Å². The van der Waals surface area contributed by atoms with Gasteiger partial charge in [0.2, 0.25) is 0 Å². The largest absolute Gasteiger partial charge is 0.504 e. The number of phenols is 1. The number of benzene rings is 2. The standard InChI is InChI=1S/C19H20N4O2/c20-18(21)11-8-9-14-15(10-11)23-19(22-14)13-6-3-7-16(17(13)24)25-12-4-1-2-5-12/h3,6-10,12,19,24H,1-2,4-5H2,(H3,20,21). The zero-order chi connectivity index (χ0) is 17.4. The molecule has 6 heteroatoms. The van der Waals surface area contributed by atoms with Gasteiger partial charge in [0.05, 0.1) is 16.8 Å². The van der Waals surface area contributed by atoms with E-state index in [-0.39, 0.29) is 17.7 Å². The van der Waals surface area contributed by atoms with E-state index in [1.54, 1.807) is 24.3 Å². The lowest BCUT2D eigenvalue weighted by Crippen LogP contribution is -2.24. The van der Waals surface area contributed by atoms with Gasteiger partial charge in [-0.05, 0) is 49.9 Å². The minimum Gasteiger partial charge on any atom is -0.504 e. The Morgan fingerprint density at radius 1 is 1.12 bits per heavy atom. The van der Waals surface area contributed by atoms with Crippen LogP contribution < -0.4 is 21.2 Å². The number of rotatable bonds is 4. The predicted molar refractivity (Wildman–Crippen MR) is 93.5 cm³/mol. The fourth-order valence-corrected chi connectivity index (χ4v) is 3.36. The van der Waals surface area contributed by atoms with Crippen molar-refractivity contribution in [2.45, 2.75) is 38.0 Å². The highest BCUT2D eigenvalue weighted by Crippen LogP contribution is 2.37. The van der Waals surface area contributed by atoms with Crippen LogP contribution in [0.2, 0.25) is 0 Å².